The van der Waals surface area contributed by atoms with Crippen LogP contribution in [0.25, 0.3) is 10.9 Å². The van der Waals surface area contributed by atoms with Crippen molar-refractivity contribution in [2.45, 2.75) is 43.7 Å². The molecule has 4 aliphatic rings. The molecule has 2 atom stereocenters. The summed E-state index contributed by atoms with van der Waals surface area (Å²) in [6, 6.07) is 6.66. The zero-order valence-corrected chi connectivity index (χ0v) is 19.5. The van der Waals surface area contributed by atoms with E-state index in [1.54, 1.807) is 0 Å². The number of halogens is 1. The van der Waals surface area contributed by atoms with Gasteiger partial charge in [0.15, 0.2) is 5.78 Å². The molecule has 0 saturated carbocycles. The predicted octanol–water partition coefficient (Wildman–Crippen LogP) is 3.85. The van der Waals surface area contributed by atoms with Crippen LogP contribution in [0.5, 0.6) is 0 Å². The highest BCUT2D eigenvalue weighted by Crippen LogP contribution is 2.38. The van der Waals surface area contributed by atoms with Crippen molar-refractivity contribution in [2.75, 3.05) is 46.0 Å². The van der Waals surface area contributed by atoms with Gasteiger partial charge in [0.2, 0.25) is 0 Å². The Bertz CT molecular complexity index is 1070. The van der Waals surface area contributed by atoms with E-state index in [1.165, 1.54) is 16.5 Å². The highest BCUT2D eigenvalue weighted by molar-refractivity contribution is 6.31. The molecule has 1 aromatic heterocycles. The number of urea groups is 1. The summed E-state index contributed by atoms with van der Waals surface area (Å²) in [5.74, 6) is 0.708. The molecular formula is C25H30ClN3O4. The van der Waals surface area contributed by atoms with Gasteiger partial charge in [-0.25, -0.2) is 4.79 Å². The Labute approximate surface area is 198 Å². The molecule has 2 aromatic rings. The number of carbonyl (C=O) groups is 2. The summed E-state index contributed by atoms with van der Waals surface area (Å²) in [6.45, 7) is 4.60. The molecule has 0 aliphatic carbocycles. The third kappa shape index (κ3) is 3.94. The van der Waals surface area contributed by atoms with E-state index in [-0.39, 0.29) is 30.4 Å². The number of hydrogen-bond acceptors (Lipinski definition) is 4. The minimum Gasteiger partial charge on any atom is -0.377 e. The van der Waals surface area contributed by atoms with E-state index in [1.807, 2.05) is 15.9 Å². The Kier molecular flexibility index (Phi) is 5.59. The predicted molar refractivity (Wildman–Crippen MR) is 125 cm³/mol. The first-order valence-electron chi connectivity index (χ1n) is 12.1. The van der Waals surface area contributed by atoms with Gasteiger partial charge < -0.3 is 23.8 Å². The number of benzene rings is 1. The minimum atomic E-state index is 0.113. The van der Waals surface area contributed by atoms with Crippen molar-refractivity contribution in [1.82, 2.24) is 14.4 Å². The van der Waals surface area contributed by atoms with Crippen LogP contribution in [0.15, 0.2) is 24.4 Å². The lowest BCUT2D eigenvalue weighted by Gasteiger charge is -2.43. The van der Waals surface area contributed by atoms with E-state index < -0.39 is 0 Å². The number of Topliss-reactive ketones (excluding diaryl/α,β-unsaturated/α-hetero) is 1. The second kappa shape index (κ2) is 8.60. The molecule has 0 spiro atoms. The quantitative estimate of drug-likeness (QED) is 0.667. The third-order valence-electron chi connectivity index (χ3n) is 7.93. The number of fused-ring (bicyclic) bond motifs is 2. The highest BCUT2D eigenvalue weighted by atomic mass is 35.5. The second-order valence-electron chi connectivity index (χ2n) is 9.98. The molecule has 4 fully saturated rings. The molecule has 2 amide bonds. The Morgan fingerprint density at radius 1 is 1.06 bits per heavy atom. The summed E-state index contributed by atoms with van der Waals surface area (Å²) < 4.78 is 13.5. The van der Waals surface area contributed by atoms with Crippen molar-refractivity contribution in [3.63, 3.8) is 0 Å². The average Bonchev–Trinajstić information content (AvgIpc) is 3.15. The molecule has 33 heavy (non-hydrogen) atoms. The molecule has 0 bridgehead atoms. The molecular weight excluding hydrogens is 442 g/mol. The highest BCUT2D eigenvalue weighted by Gasteiger charge is 2.38. The lowest BCUT2D eigenvalue weighted by Crippen LogP contribution is -2.54. The monoisotopic (exact) mass is 471 g/mol. The number of nitrogens with zero attached hydrogens (tertiary/aromatic N) is 3. The van der Waals surface area contributed by atoms with Crippen LogP contribution < -0.4 is 0 Å². The van der Waals surface area contributed by atoms with Crippen LogP contribution in [0.3, 0.4) is 0 Å². The van der Waals surface area contributed by atoms with Gasteiger partial charge in [0.1, 0.15) is 6.61 Å². The maximum Gasteiger partial charge on any atom is 0.320 e. The molecule has 0 unspecified atom stereocenters. The van der Waals surface area contributed by atoms with Crippen LogP contribution in [0, 0.1) is 5.92 Å². The van der Waals surface area contributed by atoms with Gasteiger partial charge in [-0.1, -0.05) is 11.6 Å². The average molecular weight is 472 g/mol. The lowest BCUT2D eigenvalue weighted by atomic mass is 9.87. The zero-order valence-electron chi connectivity index (χ0n) is 18.7. The van der Waals surface area contributed by atoms with Crippen LogP contribution in [0.2, 0.25) is 5.02 Å². The minimum absolute atomic E-state index is 0.113. The topological polar surface area (TPSA) is 64.0 Å². The SMILES string of the molecule is O=C1CO[C@H]2CCN(C(=O)N3CCC(c4cn(C5COC5)c5ccc(Cl)cc45)CC3)C[C@H]2C1. The van der Waals surface area contributed by atoms with Gasteiger partial charge in [-0.05, 0) is 48.9 Å². The number of carbonyl (C=O) groups excluding carboxylic acids is 2. The molecule has 0 N–H and O–H groups in total. The summed E-state index contributed by atoms with van der Waals surface area (Å²) in [6.07, 6.45) is 5.67. The molecule has 4 saturated heterocycles. The van der Waals surface area contributed by atoms with Crippen LogP contribution in [-0.2, 0) is 14.3 Å². The van der Waals surface area contributed by atoms with Gasteiger partial charge in [-0.3, -0.25) is 4.79 Å². The third-order valence-corrected chi connectivity index (χ3v) is 8.16. The number of hydrogen-bond donors (Lipinski definition) is 0. The maximum atomic E-state index is 13.2. The van der Waals surface area contributed by atoms with Gasteiger partial charge in [0.25, 0.3) is 0 Å². The van der Waals surface area contributed by atoms with Crippen molar-refractivity contribution in [3.05, 3.63) is 35.0 Å². The number of rotatable bonds is 2. The van der Waals surface area contributed by atoms with Gasteiger partial charge in [0, 0.05) is 60.6 Å². The summed E-state index contributed by atoms with van der Waals surface area (Å²) in [5.41, 5.74) is 2.55. The van der Waals surface area contributed by atoms with E-state index >= 15 is 0 Å². The van der Waals surface area contributed by atoms with E-state index in [2.05, 4.69) is 22.9 Å². The molecule has 0 radical (unpaired) electrons. The summed E-state index contributed by atoms with van der Waals surface area (Å²) in [7, 11) is 0. The fourth-order valence-corrected chi connectivity index (χ4v) is 6.17. The molecule has 7 nitrogen and oxygen atoms in total. The molecule has 6 rings (SSSR count). The van der Waals surface area contributed by atoms with Gasteiger partial charge >= 0.3 is 6.03 Å². The fraction of sp³-hybridized carbons (Fsp3) is 0.600. The normalized spacial score (nSPS) is 27.0. The van der Waals surface area contributed by atoms with Crippen LogP contribution in [-0.4, -0.2) is 78.3 Å². The number of likely N-dealkylation sites (tertiary alicyclic amines) is 2. The Balaban J connectivity index is 1.14. The van der Waals surface area contributed by atoms with Crippen molar-refractivity contribution >= 4 is 34.3 Å². The number of ether oxygens (including phenoxy) is 2. The molecule has 1 aromatic carbocycles. The number of ketones is 1. The first-order valence-corrected chi connectivity index (χ1v) is 12.5. The van der Waals surface area contributed by atoms with Crippen molar-refractivity contribution in [1.29, 1.82) is 0 Å². The van der Waals surface area contributed by atoms with Crippen LogP contribution in [0.1, 0.15) is 43.2 Å². The van der Waals surface area contributed by atoms with E-state index in [0.717, 1.165) is 50.6 Å². The standard InChI is InChI=1S/C25H30ClN3O4/c26-18-1-2-23-21(10-18)22(12-29(23)19-13-32-14-19)16-3-6-27(7-4-16)25(31)28-8-5-24-17(11-28)9-20(30)15-33-24/h1-2,10,12,16-17,19,24H,3-9,11,13-15H2/t17-,24+/m1/s1. The molecule has 5 heterocycles. The Hall–Kier alpha value is -2.09. The van der Waals surface area contributed by atoms with Crippen LogP contribution >= 0.6 is 11.6 Å². The smallest absolute Gasteiger partial charge is 0.320 e. The van der Waals surface area contributed by atoms with E-state index in [4.69, 9.17) is 21.1 Å². The van der Waals surface area contributed by atoms with Crippen LogP contribution in [0.4, 0.5) is 4.79 Å². The summed E-state index contributed by atoms with van der Waals surface area (Å²) >= 11 is 6.35. The number of piperidine rings is 2. The van der Waals surface area contributed by atoms with Crippen molar-refractivity contribution in [2.24, 2.45) is 5.92 Å². The van der Waals surface area contributed by atoms with E-state index in [9.17, 15) is 9.59 Å². The van der Waals surface area contributed by atoms with Crippen molar-refractivity contribution < 1.29 is 19.1 Å². The largest absolute Gasteiger partial charge is 0.377 e. The lowest BCUT2D eigenvalue weighted by molar-refractivity contribution is -0.139. The summed E-state index contributed by atoms with van der Waals surface area (Å²) in [5, 5.41) is 1.98. The second-order valence-corrected chi connectivity index (χ2v) is 10.4. The van der Waals surface area contributed by atoms with Gasteiger partial charge in [0.05, 0.1) is 25.4 Å². The molecule has 176 valence electrons. The molecule has 8 heteroatoms. The Morgan fingerprint density at radius 2 is 1.85 bits per heavy atom. The summed E-state index contributed by atoms with van der Waals surface area (Å²) in [4.78, 5) is 29.0. The first-order chi connectivity index (χ1) is 16.1. The number of amides is 2. The zero-order chi connectivity index (χ0) is 22.5. The molecule has 4 aliphatic heterocycles. The fourth-order valence-electron chi connectivity index (χ4n) is 6.00. The van der Waals surface area contributed by atoms with E-state index in [0.29, 0.717) is 31.5 Å². The van der Waals surface area contributed by atoms with Gasteiger partial charge in [-0.2, -0.15) is 0 Å². The maximum absolute atomic E-state index is 13.2. The number of aromatic nitrogens is 1. The van der Waals surface area contributed by atoms with Crippen molar-refractivity contribution in [3.8, 4) is 0 Å². The Morgan fingerprint density at radius 3 is 2.61 bits per heavy atom. The first kappa shape index (κ1) is 21.4. The van der Waals surface area contributed by atoms with Gasteiger partial charge in [-0.15, -0.1) is 0 Å².